The zero-order valence-electron chi connectivity index (χ0n) is 13.0. The van der Waals surface area contributed by atoms with E-state index in [9.17, 15) is 0 Å². The molecule has 1 aromatic rings. The van der Waals surface area contributed by atoms with Gasteiger partial charge in [0.15, 0.2) is 0 Å². The summed E-state index contributed by atoms with van der Waals surface area (Å²) in [5, 5.41) is 3.36. The first kappa shape index (κ1) is 16.7. The third-order valence-electron chi connectivity index (χ3n) is 2.60. The van der Waals surface area contributed by atoms with Gasteiger partial charge in [-0.05, 0) is 47.3 Å². The number of aromatic nitrogens is 2. The zero-order valence-corrected chi connectivity index (χ0v) is 15.1. The Morgan fingerprint density at radius 1 is 1.21 bits per heavy atom. The number of hydrogen-bond acceptors (Lipinski definition) is 3. The fourth-order valence-corrected chi connectivity index (χ4v) is 2.56. The Kier molecular flexibility index (Phi) is 6.02. The van der Waals surface area contributed by atoms with Crippen molar-refractivity contribution in [3.63, 3.8) is 0 Å². The van der Waals surface area contributed by atoms with Gasteiger partial charge in [-0.2, -0.15) is 0 Å². The van der Waals surface area contributed by atoms with Crippen LogP contribution in [0.3, 0.4) is 0 Å². The lowest BCUT2D eigenvalue weighted by Crippen LogP contribution is -2.16. The van der Waals surface area contributed by atoms with Gasteiger partial charge in [0.25, 0.3) is 0 Å². The summed E-state index contributed by atoms with van der Waals surface area (Å²) in [7, 11) is 0. The molecule has 0 amide bonds. The van der Waals surface area contributed by atoms with E-state index in [1.165, 1.54) is 9.26 Å². The Bertz CT molecular complexity index is 422. The molecular weight excluding hydrogens is 349 g/mol. The quantitative estimate of drug-likeness (QED) is 0.780. The second-order valence-corrected chi connectivity index (χ2v) is 7.69. The van der Waals surface area contributed by atoms with Gasteiger partial charge < -0.3 is 5.32 Å². The van der Waals surface area contributed by atoms with E-state index in [0.717, 1.165) is 31.0 Å². The average molecular weight is 375 g/mol. The predicted molar refractivity (Wildman–Crippen MR) is 90.6 cm³/mol. The molecule has 0 atom stereocenters. The van der Waals surface area contributed by atoms with Crippen molar-refractivity contribution in [3.8, 4) is 0 Å². The van der Waals surface area contributed by atoms with E-state index in [-0.39, 0.29) is 5.41 Å². The van der Waals surface area contributed by atoms with Crippen LogP contribution in [0.15, 0.2) is 0 Å². The highest BCUT2D eigenvalue weighted by Crippen LogP contribution is 2.25. The van der Waals surface area contributed by atoms with Crippen molar-refractivity contribution < 1.29 is 0 Å². The number of rotatable bonds is 5. The van der Waals surface area contributed by atoms with Crippen molar-refractivity contribution in [2.75, 3.05) is 11.9 Å². The van der Waals surface area contributed by atoms with Crippen LogP contribution >= 0.6 is 22.6 Å². The molecule has 1 heterocycles. The molecule has 0 unspecified atom stereocenters. The Labute approximate surface area is 131 Å². The summed E-state index contributed by atoms with van der Waals surface area (Å²) in [5.74, 6) is 2.56. The van der Waals surface area contributed by atoms with Gasteiger partial charge in [-0.1, -0.05) is 34.6 Å². The summed E-state index contributed by atoms with van der Waals surface area (Å²) in [5.41, 5.74) is 1.39. The molecule has 4 heteroatoms. The molecule has 0 aliphatic rings. The van der Waals surface area contributed by atoms with Crippen molar-refractivity contribution in [2.45, 2.75) is 54.4 Å². The fourth-order valence-electron chi connectivity index (χ4n) is 1.90. The summed E-state index contributed by atoms with van der Waals surface area (Å²) in [6, 6.07) is 0. The molecule has 0 saturated carbocycles. The minimum atomic E-state index is 0.214. The third-order valence-corrected chi connectivity index (χ3v) is 3.73. The highest BCUT2D eigenvalue weighted by Gasteiger charge is 2.18. The molecular formula is C15H26IN3. The number of nitrogens with one attached hydrogen (secondary N) is 1. The average Bonchev–Trinajstić information content (AvgIpc) is 2.22. The van der Waals surface area contributed by atoms with Crippen molar-refractivity contribution in [3.05, 3.63) is 15.1 Å². The van der Waals surface area contributed by atoms with Gasteiger partial charge in [-0.15, -0.1) is 0 Å². The molecule has 0 bridgehead atoms. The molecule has 0 radical (unpaired) electrons. The fraction of sp³-hybridized carbons (Fsp3) is 0.733. The van der Waals surface area contributed by atoms with Crippen molar-refractivity contribution >= 4 is 28.4 Å². The summed E-state index contributed by atoms with van der Waals surface area (Å²) in [6.07, 6.45) is 1.92. The summed E-state index contributed by atoms with van der Waals surface area (Å²) in [4.78, 5) is 9.47. The standard InChI is InChI=1S/C15H26IN3/c1-7-17-14-13(16)11(8-10(2)3)18-12(19-14)9-15(4,5)6/h10H,7-9H2,1-6H3,(H,17,18,19). The van der Waals surface area contributed by atoms with E-state index >= 15 is 0 Å². The first-order valence-corrected chi connectivity index (χ1v) is 8.10. The van der Waals surface area contributed by atoms with Crippen molar-refractivity contribution in [2.24, 2.45) is 11.3 Å². The van der Waals surface area contributed by atoms with Crippen LogP contribution in [0.25, 0.3) is 0 Å². The summed E-state index contributed by atoms with van der Waals surface area (Å²) >= 11 is 2.36. The number of anilines is 1. The lowest BCUT2D eigenvalue weighted by atomic mass is 9.92. The molecule has 0 aromatic carbocycles. The van der Waals surface area contributed by atoms with Crippen LogP contribution in [0.2, 0.25) is 0 Å². The topological polar surface area (TPSA) is 37.8 Å². The molecule has 0 fully saturated rings. The number of halogens is 1. The minimum Gasteiger partial charge on any atom is -0.369 e. The van der Waals surface area contributed by atoms with Gasteiger partial charge in [0, 0.05) is 13.0 Å². The highest BCUT2D eigenvalue weighted by molar-refractivity contribution is 14.1. The van der Waals surface area contributed by atoms with Crippen LogP contribution in [0, 0.1) is 14.9 Å². The van der Waals surface area contributed by atoms with Crippen LogP contribution < -0.4 is 5.32 Å². The van der Waals surface area contributed by atoms with E-state index < -0.39 is 0 Å². The second-order valence-electron chi connectivity index (χ2n) is 6.61. The first-order valence-electron chi connectivity index (χ1n) is 7.02. The Balaban J connectivity index is 3.14. The van der Waals surface area contributed by atoms with E-state index in [1.54, 1.807) is 0 Å². The number of nitrogens with zero attached hydrogens (tertiary/aromatic N) is 2. The van der Waals surface area contributed by atoms with Crippen LogP contribution in [0.4, 0.5) is 5.82 Å². The molecule has 1 N–H and O–H groups in total. The first-order chi connectivity index (χ1) is 8.73. The van der Waals surface area contributed by atoms with Crippen LogP contribution in [0.5, 0.6) is 0 Å². The maximum Gasteiger partial charge on any atom is 0.143 e. The summed E-state index contributed by atoms with van der Waals surface area (Å²) < 4.78 is 1.17. The molecule has 19 heavy (non-hydrogen) atoms. The Morgan fingerprint density at radius 2 is 1.84 bits per heavy atom. The van der Waals surface area contributed by atoms with E-state index in [4.69, 9.17) is 4.98 Å². The van der Waals surface area contributed by atoms with Crippen LogP contribution in [-0.4, -0.2) is 16.5 Å². The highest BCUT2D eigenvalue weighted by atomic mass is 127. The molecule has 0 spiro atoms. The van der Waals surface area contributed by atoms with Crippen LogP contribution in [-0.2, 0) is 12.8 Å². The van der Waals surface area contributed by atoms with Gasteiger partial charge in [0.2, 0.25) is 0 Å². The molecule has 0 aliphatic carbocycles. The van der Waals surface area contributed by atoms with Crippen molar-refractivity contribution in [1.29, 1.82) is 0 Å². The lowest BCUT2D eigenvalue weighted by Gasteiger charge is -2.19. The van der Waals surface area contributed by atoms with Gasteiger partial charge in [-0.25, -0.2) is 9.97 Å². The Morgan fingerprint density at radius 3 is 2.32 bits per heavy atom. The monoisotopic (exact) mass is 375 g/mol. The van der Waals surface area contributed by atoms with E-state index in [0.29, 0.717) is 5.92 Å². The molecule has 0 aliphatic heterocycles. The zero-order chi connectivity index (χ0) is 14.6. The maximum atomic E-state index is 4.78. The smallest absolute Gasteiger partial charge is 0.143 e. The second kappa shape index (κ2) is 6.86. The normalized spacial score (nSPS) is 12.0. The molecule has 3 nitrogen and oxygen atoms in total. The number of hydrogen-bond donors (Lipinski definition) is 1. The van der Waals surface area contributed by atoms with Crippen LogP contribution in [0.1, 0.15) is 53.1 Å². The molecule has 1 aromatic heterocycles. The van der Waals surface area contributed by atoms with Gasteiger partial charge in [0.05, 0.1) is 9.26 Å². The third kappa shape index (κ3) is 5.63. The largest absolute Gasteiger partial charge is 0.369 e. The van der Waals surface area contributed by atoms with Crippen molar-refractivity contribution in [1.82, 2.24) is 9.97 Å². The van der Waals surface area contributed by atoms with E-state index in [2.05, 4.69) is 74.4 Å². The SMILES string of the molecule is CCNc1nc(CC(C)(C)C)nc(CC(C)C)c1I. The molecule has 0 saturated heterocycles. The predicted octanol–water partition coefficient (Wildman–Crippen LogP) is 4.30. The Hall–Kier alpha value is -0.390. The maximum absolute atomic E-state index is 4.78. The minimum absolute atomic E-state index is 0.214. The summed E-state index contributed by atoms with van der Waals surface area (Å²) in [6.45, 7) is 14.1. The molecule has 1 rings (SSSR count). The van der Waals surface area contributed by atoms with E-state index in [1.807, 2.05) is 0 Å². The van der Waals surface area contributed by atoms with Gasteiger partial charge in [-0.3, -0.25) is 0 Å². The lowest BCUT2D eigenvalue weighted by molar-refractivity contribution is 0.399. The molecule has 108 valence electrons. The van der Waals surface area contributed by atoms with Gasteiger partial charge in [0.1, 0.15) is 11.6 Å². The van der Waals surface area contributed by atoms with Gasteiger partial charge >= 0.3 is 0 Å².